The third-order valence-electron chi connectivity index (χ3n) is 9.64. The maximum atomic E-state index is 13.4. The van der Waals surface area contributed by atoms with Crippen LogP contribution < -0.4 is 9.47 Å². The minimum absolute atomic E-state index is 0.0327. The van der Waals surface area contributed by atoms with E-state index in [1.165, 1.54) is 5.57 Å². The van der Waals surface area contributed by atoms with Crippen LogP contribution in [0.2, 0.25) is 0 Å². The number of allylic oxidation sites excluding steroid dienone is 2. The van der Waals surface area contributed by atoms with Gasteiger partial charge in [-0.15, -0.1) is 0 Å². The second-order valence-corrected chi connectivity index (χ2v) is 13.8. The largest absolute Gasteiger partial charge is 0.493 e. The van der Waals surface area contributed by atoms with Crippen LogP contribution in [0.5, 0.6) is 11.5 Å². The molecule has 6 heteroatoms. The molecule has 46 heavy (non-hydrogen) atoms. The van der Waals surface area contributed by atoms with E-state index in [0.29, 0.717) is 23.3 Å². The van der Waals surface area contributed by atoms with Crippen LogP contribution >= 0.6 is 15.9 Å². The highest BCUT2D eigenvalue weighted by molar-refractivity contribution is 9.10. The Morgan fingerprint density at radius 2 is 1.65 bits per heavy atom. The number of rotatable bonds is 5. The number of ketones is 1. The normalized spacial score (nSPS) is 19.9. The average Bonchev–Trinajstić information content (AvgIpc) is 3.07. The Bertz CT molecular complexity index is 2220. The number of halogens is 1. The Morgan fingerprint density at radius 3 is 2.46 bits per heavy atom. The topological polar surface area (TPSA) is 61.3 Å². The molecular formula is C40H33BrN2O3. The Morgan fingerprint density at radius 1 is 0.891 bits per heavy atom. The Kier molecular flexibility index (Phi) is 6.95. The van der Waals surface area contributed by atoms with Gasteiger partial charge in [0.15, 0.2) is 5.78 Å². The van der Waals surface area contributed by atoms with E-state index in [0.717, 1.165) is 67.3 Å². The van der Waals surface area contributed by atoms with Gasteiger partial charge < -0.3 is 9.47 Å². The molecule has 0 aliphatic carbocycles. The van der Waals surface area contributed by atoms with Gasteiger partial charge in [0.05, 0.1) is 28.7 Å². The van der Waals surface area contributed by atoms with Crippen molar-refractivity contribution in [3.63, 3.8) is 0 Å². The van der Waals surface area contributed by atoms with E-state index >= 15 is 0 Å². The molecule has 0 spiro atoms. The summed E-state index contributed by atoms with van der Waals surface area (Å²) in [5.74, 6) is 1.72. The summed E-state index contributed by atoms with van der Waals surface area (Å²) in [6.07, 6.45) is 4.06. The zero-order chi connectivity index (χ0) is 31.6. The summed E-state index contributed by atoms with van der Waals surface area (Å²) >= 11 is 3.74. The van der Waals surface area contributed by atoms with Gasteiger partial charge in [-0.1, -0.05) is 82.2 Å². The molecule has 0 N–H and O–H groups in total. The number of aromatic nitrogens is 2. The van der Waals surface area contributed by atoms with Gasteiger partial charge in [-0.25, -0.2) is 9.97 Å². The lowest BCUT2D eigenvalue weighted by Gasteiger charge is -2.49. The Labute approximate surface area is 276 Å². The minimum Gasteiger partial charge on any atom is -0.493 e. The molecule has 0 radical (unpaired) electrons. The molecule has 3 atom stereocenters. The third-order valence-corrected chi connectivity index (χ3v) is 10.1. The summed E-state index contributed by atoms with van der Waals surface area (Å²) in [6.45, 7) is 7.06. The Hall–Kier alpha value is -4.55. The molecule has 0 fully saturated rings. The summed E-state index contributed by atoms with van der Waals surface area (Å²) < 4.78 is 14.7. The number of hydrogen-bond acceptors (Lipinski definition) is 5. The maximum absolute atomic E-state index is 13.4. The molecule has 6 aromatic rings. The van der Waals surface area contributed by atoms with Crippen LogP contribution in [-0.2, 0) is 0 Å². The quantitative estimate of drug-likeness (QED) is 0.0792. The molecule has 228 valence electrons. The number of carbonyl (C=O) groups excluding carboxylic acids is 1. The molecular weight excluding hydrogens is 636 g/mol. The summed E-state index contributed by atoms with van der Waals surface area (Å²) in [5.41, 5.74) is 7.27. The highest BCUT2D eigenvalue weighted by Crippen LogP contribution is 2.57. The molecule has 8 rings (SSSR count). The fourth-order valence-corrected chi connectivity index (χ4v) is 7.71. The van der Waals surface area contributed by atoms with Crippen LogP contribution in [0.4, 0.5) is 0 Å². The van der Waals surface area contributed by atoms with Crippen molar-refractivity contribution >= 4 is 54.6 Å². The lowest BCUT2D eigenvalue weighted by atomic mass is 9.67. The number of carbonyl (C=O) groups is 1. The number of nitrogens with zero attached hydrogens (tertiary/aromatic N) is 2. The van der Waals surface area contributed by atoms with Crippen LogP contribution in [0.3, 0.4) is 0 Å². The van der Waals surface area contributed by atoms with E-state index in [4.69, 9.17) is 19.4 Å². The molecule has 2 aliphatic heterocycles. The molecule has 5 nitrogen and oxygen atoms in total. The monoisotopic (exact) mass is 668 g/mol. The first kappa shape index (κ1) is 28.9. The van der Waals surface area contributed by atoms with E-state index in [-0.39, 0.29) is 17.6 Å². The smallest absolute Gasteiger partial charge is 0.193 e. The predicted octanol–water partition coefficient (Wildman–Crippen LogP) is 9.97. The van der Waals surface area contributed by atoms with Gasteiger partial charge >= 0.3 is 0 Å². The van der Waals surface area contributed by atoms with E-state index < -0.39 is 5.60 Å². The lowest BCUT2D eigenvalue weighted by molar-refractivity contribution is -0.0316. The lowest BCUT2D eigenvalue weighted by Crippen LogP contribution is -2.51. The van der Waals surface area contributed by atoms with E-state index in [2.05, 4.69) is 73.1 Å². The van der Waals surface area contributed by atoms with E-state index in [1.54, 1.807) is 0 Å². The van der Waals surface area contributed by atoms with Crippen molar-refractivity contribution in [1.82, 2.24) is 9.97 Å². The van der Waals surface area contributed by atoms with Gasteiger partial charge in [0.25, 0.3) is 0 Å². The summed E-state index contributed by atoms with van der Waals surface area (Å²) in [5, 5.41) is 2.03. The van der Waals surface area contributed by atoms with Gasteiger partial charge in [-0.05, 0) is 70.0 Å². The maximum Gasteiger partial charge on any atom is 0.193 e. The van der Waals surface area contributed by atoms with Crippen molar-refractivity contribution in [1.29, 1.82) is 0 Å². The van der Waals surface area contributed by atoms with Gasteiger partial charge in [0.2, 0.25) is 0 Å². The summed E-state index contributed by atoms with van der Waals surface area (Å²) in [4.78, 5) is 24.0. The van der Waals surface area contributed by atoms with Crippen molar-refractivity contribution in [2.75, 3.05) is 6.61 Å². The van der Waals surface area contributed by atoms with Crippen LogP contribution in [0.25, 0.3) is 32.8 Å². The predicted molar refractivity (Wildman–Crippen MR) is 187 cm³/mol. The van der Waals surface area contributed by atoms with Crippen LogP contribution in [0.15, 0.2) is 107 Å². The fraction of sp³-hybridized carbons (Fsp3) is 0.225. The first-order valence-electron chi connectivity index (χ1n) is 15.8. The van der Waals surface area contributed by atoms with Gasteiger partial charge in [-0.2, -0.15) is 0 Å². The highest BCUT2D eigenvalue weighted by Gasteiger charge is 2.51. The van der Waals surface area contributed by atoms with Gasteiger partial charge in [0, 0.05) is 49.3 Å². The summed E-state index contributed by atoms with van der Waals surface area (Å²) in [6, 6.07) is 29.6. The zero-order valence-electron chi connectivity index (χ0n) is 26.0. The number of hydrogen-bond donors (Lipinski definition) is 0. The first-order valence-corrected chi connectivity index (χ1v) is 16.6. The standard InChI is InChI=1S/C40H33BrN2O3/c1-23(2)10-9-19-40(3)30-22-45-33-18-16-26(41)21-29(33)34(30)35-37-36(27-13-7-8-14-28(27)39(35)46-40)42-31-17-15-25(20-32(31)43-37)38(44)24-11-5-4-6-12-24/h4-8,10-18,20-21,30,34H,9,19,22H2,1-3H3. The van der Waals surface area contributed by atoms with Gasteiger partial charge in [0.1, 0.15) is 17.1 Å². The Balaban J connectivity index is 1.41. The molecule has 0 saturated heterocycles. The number of ether oxygens (including phenoxy) is 2. The van der Waals surface area contributed by atoms with E-state index in [9.17, 15) is 4.79 Å². The molecule has 3 heterocycles. The highest BCUT2D eigenvalue weighted by atomic mass is 79.9. The average molecular weight is 670 g/mol. The van der Waals surface area contributed by atoms with Crippen LogP contribution in [0.1, 0.15) is 66.6 Å². The molecule has 0 bridgehead atoms. The molecule has 3 unspecified atom stereocenters. The second-order valence-electron chi connectivity index (χ2n) is 12.9. The molecule has 2 aliphatic rings. The van der Waals surface area contributed by atoms with Crippen molar-refractivity contribution in [3.8, 4) is 11.5 Å². The molecule has 0 amide bonds. The zero-order valence-corrected chi connectivity index (χ0v) is 27.6. The molecule has 1 aromatic heterocycles. The summed E-state index contributed by atoms with van der Waals surface area (Å²) in [7, 11) is 0. The first-order chi connectivity index (χ1) is 22.3. The van der Waals surface area contributed by atoms with Crippen molar-refractivity contribution in [3.05, 3.63) is 129 Å². The van der Waals surface area contributed by atoms with Gasteiger partial charge in [-0.3, -0.25) is 4.79 Å². The van der Waals surface area contributed by atoms with Crippen molar-refractivity contribution in [2.45, 2.75) is 45.1 Å². The van der Waals surface area contributed by atoms with Crippen LogP contribution in [0, 0.1) is 5.92 Å². The number of benzene rings is 5. The van der Waals surface area contributed by atoms with E-state index in [1.807, 2.05) is 60.7 Å². The fourth-order valence-electron chi connectivity index (χ4n) is 7.33. The molecule has 5 aromatic carbocycles. The third kappa shape index (κ3) is 4.70. The molecule has 0 saturated carbocycles. The SMILES string of the molecule is CC(C)=CCCC1(C)Oc2c(c3nc4cc(C(=O)c5ccccc5)ccc4nc3c3ccccc23)C2c3cc(Br)ccc3OCC21. The number of fused-ring (bicyclic) bond motifs is 11. The van der Waals surface area contributed by atoms with Crippen molar-refractivity contribution in [2.24, 2.45) is 5.92 Å². The van der Waals surface area contributed by atoms with Crippen LogP contribution in [-0.4, -0.2) is 28.0 Å². The minimum atomic E-state index is -0.486. The van der Waals surface area contributed by atoms with Crippen molar-refractivity contribution < 1.29 is 14.3 Å². The second kappa shape index (κ2) is 11.1.